The molecule has 2 aliphatic heterocycles. The highest BCUT2D eigenvalue weighted by atomic mass is 16.4. The predicted molar refractivity (Wildman–Crippen MR) is 140 cm³/mol. The van der Waals surface area contributed by atoms with Crippen molar-refractivity contribution in [3.05, 3.63) is 101 Å². The number of anilines is 1. The van der Waals surface area contributed by atoms with Crippen LogP contribution in [-0.4, -0.2) is 51.4 Å². The summed E-state index contributed by atoms with van der Waals surface area (Å²) in [5.41, 5.74) is 4.90. The van der Waals surface area contributed by atoms with Crippen molar-refractivity contribution in [1.29, 1.82) is 0 Å². The number of carboxylic acids is 1. The number of carbonyl (C=O) groups excluding carboxylic acids is 3. The van der Waals surface area contributed by atoms with Gasteiger partial charge in [0.25, 0.3) is 11.8 Å². The van der Waals surface area contributed by atoms with Crippen molar-refractivity contribution < 1.29 is 24.3 Å². The molecule has 190 valence electrons. The molecule has 6 rings (SSSR count). The second kappa shape index (κ2) is 8.88. The number of hydrogen-bond acceptors (Lipinski definition) is 4. The zero-order valence-corrected chi connectivity index (χ0v) is 20.5. The first-order valence-corrected chi connectivity index (χ1v) is 12.3. The van der Waals surface area contributed by atoms with Crippen LogP contribution in [0.3, 0.4) is 0 Å². The Hall–Kier alpha value is -4.92. The maximum atomic E-state index is 14.1. The number of aromatic nitrogens is 1. The van der Waals surface area contributed by atoms with Crippen molar-refractivity contribution in [2.24, 2.45) is 0 Å². The van der Waals surface area contributed by atoms with E-state index in [1.165, 1.54) is 12.1 Å². The summed E-state index contributed by atoms with van der Waals surface area (Å²) >= 11 is 0. The van der Waals surface area contributed by atoms with Crippen LogP contribution in [-0.2, 0) is 16.0 Å². The number of carbonyl (C=O) groups is 4. The van der Waals surface area contributed by atoms with Gasteiger partial charge in [-0.05, 0) is 36.2 Å². The molecule has 3 heterocycles. The lowest BCUT2D eigenvalue weighted by Gasteiger charge is -2.36. The van der Waals surface area contributed by atoms with Crippen molar-refractivity contribution in [3.8, 4) is 0 Å². The molecule has 9 nitrogen and oxygen atoms in total. The maximum Gasteiger partial charge on any atom is 0.332 e. The molecule has 0 spiro atoms. The number of benzene rings is 3. The standard InChI is InChI=1S/C29H24N4O5/c1-16-10-12-17(13-11-16)26-25-20(18-6-2-4-8-21(18)31-25)14-23-28(37)33(29(38)32(23)26)22-9-5-3-7-19(22)27(36)30-15-24(34)35/h2-13,23,26,31H,14-15H2,1H3,(H,30,36)(H,34,35)/t23-,26+/m0/s1. The first-order chi connectivity index (χ1) is 18.3. The number of rotatable bonds is 5. The molecule has 4 amide bonds. The van der Waals surface area contributed by atoms with Gasteiger partial charge in [-0.3, -0.25) is 19.3 Å². The summed E-state index contributed by atoms with van der Waals surface area (Å²) in [6.07, 6.45) is 0.330. The summed E-state index contributed by atoms with van der Waals surface area (Å²) in [6, 6.07) is 20.1. The van der Waals surface area contributed by atoms with Gasteiger partial charge in [-0.1, -0.05) is 60.2 Å². The molecule has 0 radical (unpaired) electrons. The number of aliphatic carboxylic acids is 1. The third-order valence-corrected chi connectivity index (χ3v) is 7.23. The van der Waals surface area contributed by atoms with E-state index in [1.807, 2.05) is 55.5 Å². The minimum absolute atomic E-state index is 0.0474. The van der Waals surface area contributed by atoms with Gasteiger partial charge in [0.1, 0.15) is 18.6 Å². The van der Waals surface area contributed by atoms with Gasteiger partial charge in [-0.2, -0.15) is 0 Å². The average Bonchev–Trinajstić information content (AvgIpc) is 3.41. The first-order valence-electron chi connectivity index (χ1n) is 12.3. The number of nitrogens with zero attached hydrogens (tertiary/aromatic N) is 2. The molecule has 1 aromatic heterocycles. The molecule has 2 atom stereocenters. The van der Waals surface area contributed by atoms with Gasteiger partial charge in [0.2, 0.25) is 0 Å². The van der Waals surface area contributed by atoms with E-state index in [0.29, 0.717) is 6.42 Å². The van der Waals surface area contributed by atoms with Gasteiger partial charge in [-0.25, -0.2) is 9.69 Å². The zero-order valence-electron chi connectivity index (χ0n) is 20.5. The molecule has 0 saturated carbocycles. The van der Waals surface area contributed by atoms with E-state index < -0.39 is 42.4 Å². The van der Waals surface area contributed by atoms with Gasteiger partial charge in [-0.15, -0.1) is 0 Å². The number of hydrogen-bond donors (Lipinski definition) is 3. The Kier molecular flexibility index (Phi) is 5.48. The third-order valence-electron chi connectivity index (χ3n) is 7.23. The highest BCUT2D eigenvalue weighted by molar-refractivity contribution is 6.24. The fraction of sp³-hybridized carbons (Fsp3) is 0.172. The summed E-state index contributed by atoms with van der Waals surface area (Å²) in [6.45, 7) is 1.40. The lowest BCUT2D eigenvalue weighted by Crippen LogP contribution is -2.44. The van der Waals surface area contributed by atoms with Gasteiger partial charge >= 0.3 is 12.0 Å². The molecule has 0 bridgehead atoms. The third kappa shape index (κ3) is 3.62. The molecule has 38 heavy (non-hydrogen) atoms. The summed E-state index contributed by atoms with van der Waals surface area (Å²) in [5.74, 6) is -2.31. The number of H-pyrrole nitrogens is 1. The SMILES string of the molecule is Cc1ccc([C@@H]2c3[nH]c4ccccc4c3C[C@H]3C(=O)N(c4ccccc4C(=O)NCC(=O)O)C(=O)N23)cc1. The van der Waals surface area contributed by atoms with Crippen LogP contribution in [0.5, 0.6) is 0 Å². The van der Waals surface area contributed by atoms with Crippen LogP contribution in [0.4, 0.5) is 10.5 Å². The number of aryl methyl sites for hydroxylation is 1. The second-order valence-corrected chi connectivity index (χ2v) is 9.55. The monoisotopic (exact) mass is 508 g/mol. The van der Waals surface area contributed by atoms with Crippen LogP contribution in [0, 0.1) is 6.92 Å². The Morgan fingerprint density at radius 2 is 1.71 bits per heavy atom. The fourth-order valence-corrected chi connectivity index (χ4v) is 5.50. The largest absolute Gasteiger partial charge is 0.480 e. The molecule has 3 aromatic carbocycles. The number of aromatic amines is 1. The molecule has 3 N–H and O–H groups in total. The van der Waals surface area contributed by atoms with E-state index >= 15 is 0 Å². The van der Waals surface area contributed by atoms with Crippen LogP contribution in [0.25, 0.3) is 10.9 Å². The van der Waals surface area contributed by atoms with Gasteiger partial charge in [0, 0.05) is 23.0 Å². The van der Waals surface area contributed by atoms with E-state index in [4.69, 9.17) is 5.11 Å². The smallest absolute Gasteiger partial charge is 0.332 e. The number of imide groups is 1. The van der Waals surface area contributed by atoms with Gasteiger partial charge < -0.3 is 15.4 Å². The normalized spacial score (nSPS) is 18.4. The average molecular weight is 509 g/mol. The highest BCUT2D eigenvalue weighted by Crippen LogP contribution is 2.45. The lowest BCUT2D eigenvalue weighted by molar-refractivity contribution is -0.135. The minimum atomic E-state index is -1.20. The molecule has 2 aliphatic rings. The molecule has 9 heteroatoms. The van der Waals surface area contributed by atoms with Crippen LogP contribution in [0.1, 0.15) is 38.8 Å². The number of para-hydroxylation sites is 2. The van der Waals surface area contributed by atoms with Crippen LogP contribution in [0.2, 0.25) is 0 Å². The second-order valence-electron chi connectivity index (χ2n) is 9.55. The maximum absolute atomic E-state index is 14.1. The fourth-order valence-electron chi connectivity index (χ4n) is 5.50. The van der Waals surface area contributed by atoms with E-state index in [1.54, 1.807) is 17.0 Å². The zero-order chi connectivity index (χ0) is 26.6. The Balaban J connectivity index is 1.47. The highest BCUT2D eigenvalue weighted by Gasteiger charge is 2.53. The van der Waals surface area contributed by atoms with Crippen LogP contribution < -0.4 is 10.2 Å². The van der Waals surface area contributed by atoms with Crippen molar-refractivity contribution in [3.63, 3.8) is 0 Å². The Bertz CT molecular complexity index is 1620. The first kappa shape index (κ1) is 23.5. The number of carboxylic acid groups (broad SMARTS) is 1. The number of fused-ring (bicyclic) bond motifs is 4. The van der Waals surface area contributed by atoms with Gasteiger partial charge in [0.15, 0.2) is 0 Å². The molecular formula is C29H24N4O5. The van der Waals surface area contributed by atoms with E-state index in [0.717, 1.165) is 38.2 Å². The van der Waals surface area contributed by atoms with E-state index in [9.17, 15) is 19.2 Å². The van der Waals surface area contributed by atoms with E-state index in [-0.39, 0.29) is 11.3 Å². The van der Waals surface area contributed by atoms with Crippen molar-refractivity contribution >= 4 is 40.4 Å². The molecular weight excluding hydrogens is 484 g/mol. The van der Waals surface area contributed by atoms with Crippen molar-refractivity contribution in [2.45, 2.75) is 25.4 Å². The topological polar surface area (TPSA) is 123 Å². The predicted octanol–water partition coefficient (Wildman–Crippen LogP) is 3.77. The van der Waals surface area contributed by atoms with Gasteiger partial charge in [0.05, 0.1) is 11.3 Å². The minimum Gasteiger partial charge on any atom is -0.480 e. The molecule has 0 aliphatic carbocycles. The van der Waals surface area contributed by atoms with Crippen LogP contribution >= 0.6 is 0 Å². The molecule has 4 aromatic rings. The van der Waals surface area contributed by atoms with Crippen molar-refractivity contribution in [2.75, 3.05) is 11.4 Å². The number of nitrogens with one attached hydrogen (secondary N) is 2. The number of amides is 4. The Morgan fingerprint density at radius 3 is 2.47 bits per heavy atom. The van der Waals surface area contributed by atoms with Crippen molar-refractivity contribution in [1.82, 2.24) is 15.2 Å². The summed E-state index contributed by atoms with van der Waals surface area (Å²) < 4.78 is 0. The quantitative estimate of drug-likeness (QED) is 0.354. The van der Waals surface area contributed by atoms with Crippen LogP contribution in [0.15, 0.2) is 72.8 Å². The molecule has 1 fully saturated rings. The molecule has 0 unspecified atom stereocenters. The number of urea groups is 1. The summed E-state index contributed by atoms with van der Waals surface area (Å²) in [5, 5.41) is 12.3. The van der Waals surface area contributed by atoms with E-state index in [2.05, 4.69) is 10.3 Å². The Labute approximate surface area is 217 Å². The summed E-state index contributed by atoms with van der Waals surface area (Å²) in [7, 11) is 0. The Morgan fingerprint density at radius 1 is 1.00 bits per heavy atom. The lowest BCUT2D eigenvalue weighted by atomic mass is 9.88. The summed E-state index contributed by atoms with van der Waals surface area (Å²) in [4.78, 5) is 57.9. The molecule has 1 saturated heterocycles.